The van der Waals surface area contributed by atoms with Gasteiger partial charge in [0, 0.05) is 37.8 Å². The third kappa shape index (κ3) is 2.70. The lowest BCUT2D eigenvalue weighted by Gasteiger charge is -2.20. The third-order valence-corrected chi connectivity index (χ3v) is 3.25. The van der Waals surface area contributed by atoms with Crippen molar-refractivity contribution < 1.29 is 14.6 Å². The van der Waals surface area contributed by atoms with Crippen LogP contribution >= 0.6 is 0 Å². The average molecular weight is 253 g/mol. The molecular weight excluding hydrogens is 234 g/mol. The van der Waals surface area contributed by atoms with Crippen molar-refractivity contribution in [2.75, 3.05) is 13.7 Å². The van der Waals surface area contributed by atoms with E-state index in [2.05, 4.69) is 5.10 Å². The molecule has 2 heterocycles. The average Bonchev–Trinajstić information content (AvgIpc) is 2.95. The molecule has 1 aliphatic heterocycles. The summed E-state index contributed by atoms with van der Waals surface area (Å²) in [6.45, 7) is 3.95. The summed E-state index contributed by atoms with van der Waals surface area (Å²) in [6.07, 6.45) is 3.73. The number of esters is 1. The number of ether oxygens (including phenoxy) is 1. The van der Waals surface area contributed by atoms with E-state index in [1.54, 1.807) is 6.20 Å². The molecule has 2 unspecified atom stereocenters. The molecule has 0 radical (unpaired) electrons. The van der Waals surface area contributed by atoms with Crippen LogP contribution in [0.4, 0.5) is 0 Å². The Bertz CT molecular complexity index is 418. The molecule has 0 aliphatic carbocycles. The molecule has 6 nitrogen and oxygen atoms in total. The fourth-order valence-electron chi connectivity index (χ4n) is 2.33. The molecule has 0 spiro atoms. The second-order valence-corrected chi connectivity index (χ2v) is 4.56. The van der Waals surface area contributed by atoms with Gasteiger partial charge >= 0.3 is 5.97 Å². The summed E-state index contributed by atoms with van der Waals surface area (Å²) >= 11 is 0. The highest BCUT2D eigenvalue weighted by atomic mass is 16.5. The summed E-state index contributed by atoms with van der Waals surface area (Å²) < 4.78 is 6.61. The van der Waals surface area contributed by atoms with Crippen LogP contribution < -0.4 is 0 Å². The number of methoxy groups -OCH3 is 1. The van der Waals surface area contributed by atoms with Gasteiger partial charge in [-0.15, -0.1) is 0 Å². The molecule has 0 amide bonds. The van der Waals surface area contributed by atoms with Crippen molar-refractivity contribution in [2.24, 2.45) is 0 Å². The Labute approximate surface area is 106 Å². The van der Waals surface area contributed by atoms with Crippen LogP contribution in [-0.4, -0.2) is 51.6 Å². The number of nitrogens with zero attached hydrogens (tertiary/aromatic N) is 3. The minimum atomic E-state index is -0.463. The predicted molar refractivity (Wildman–Crippen MR) is 64.7 cm³/mol. The zero-order chi connectivity index (χ0) is 13.1. The Morgan fingerprint density at radius 3 is 3.06 bits per heavy atom. The molecule has 2 rings (SSSR count). The molecular formula is C12H19N3O3. The number of likely N-dealkylation sites (tertiary alicyclic amines) is 1. The number of aliphatic hydroxyl groups is 1. The van der Waals surface area contributed by atoms with Gasteiger partial charge in [-0.25, -0.2) is 0 Å². The Hall–Kier alpha value is -1.40. The van der Waals surface area contributed by atoms with E-state index in [-0.39, 0.29) is 12.0 Å². The molecule has 100 valence electrons. The first-order valence-corrected chi connectivity index (χ1v) is 6.15. The van der Waals surface area contributed by atoms with Gasteiger partial charge in [-0.3, -0.25) is 14.4 Å². The van der Waals surface area contributed by atoms with Crippen LogP contribution in [0.15, 0.2) is 12.4 Å². The SMILES string of the molecule is CCn1cc(CN2CC(O)CC2C(=O)OC)cn1. The quantitative estimate of drug-likeness (QED) is 0.766. The maximum absolute atomic E-state index is 11.6. The Morgan fingerprint density at radius 1 is 1.67 bits per heavy atom. The lowest BCUT2D eigenvalue weighted by molar-refractivity contribution is -0.146. The summed E-state index contributed by atoms with van der Waals surface area (Å²) in [5, 5.41) is 13.9. The smallest absolute Gasteiger partial charge is 0.323 e. The van der Waals surface area contributed by atoms with Gasteiger partial charge < -0.3 is 9.84 Å². The van der Waals surface area contributed by atoms with Gasteiger partial charge in [-0.2, -0.15) is 5.10 Å². The van der Waals surface area contributed by atoms with Gasteiger partial charge in [0.05, 0.1) is 19.4 Å². The second-order valence-electron chi connectivity index (χ2n) is 4.56. The van der Waals surface area contributed by atoms with Gasteiger partial charge in [0.15, 0.2) is 0 Å². The zero-order valence-electron chi connectivity index (χ0n) is 10.7. The largest absolute Gasteiger partial charge is 0.468 e. The minimum absolute atomic E-state index is 0.283. The number of carbonyl (C=O) groups excluding carboxylic acids is 1. The van der Waals surface area contributed by atoms with E-state index in [0.29, 0.717) is 19.5 Å². The number of aliphatic hydroxyl groups excluding tert-OH is 1. The molecule has 0 bridgehead atoms. The summed E-state index contributed by atoms with van der Waals surface area (Å²) in [5.74, 6) is -0.283. The number of hydrogen-bond donors (Lipinski definition) is 1. The van der Waals surface area contributed by atoms with Crippen molar-refractivity contribution in [3.05, 3.63) is 18.0 Å². The highest BCUT2D eigenvalue weighted by molar-refractivity contribution is 5.76. The molecule has 1 N–H and O–H groups in total. The van der Waals surface area contributed by atoms with Crippen molar-refractivity contribution in [1.29, 1.82) is 0 Å². The molecule has 6 heteroatoms. The second kappa shape index (κ2) is 5.49. The zero-order valence-corrected chi connectivity index (χ0v) is 10.7. The maximum Gasteiger partial charge on any atom is 0.323 e. The van der Waals surface area contributed by atoms with E-state index in [9.17, 15) is 9.90 Å². The van der Waals surface area contributed by atoms with Crippen molar-refractivity contribution >= 4 is 5.97 Å². The topological polar surface area (TPSA) is 67.6 Å². The minimum Gasteiger partial charge on any atom is -0.468 e. The van der Waals surface area contributed by atoms with Crippen LogP contribution in [0, 0.1) is 0 Å². The number of aromatic nitrogens is 2. The van der Waals surface area contributed by atoms with Crippen LogP contribution in [0.1, 0.15) is 18.9 Å². The summed E-state index contributed by atoms with van der Waals surface area (Å²) in [5.41, 5.74) is 1.04. The summed E-state index contributed by atoms with van der Waals surface area (Å²) in [7, 11) is 1.38. The molecule has 0 aromatic carbocycles. The number of hydrogen-bond acceptors (Lipinski definition) is 5. The number of rotatable bonds is 4. The molecule has 2 atom stereocenters. The number of aryl methyl sites for hydroxylation is 1. The first-order chi connectivity index (χ1) is 8.63. The van der Waals surface area contributed by atoms with Crippen LogP contribution in [-0.2, 0) is 22.6 Å². The lowest BCUT2D eigenvalue weighted by Crippen LogP contribution is -2.36. The van der Waals surface area contributed by atoms with Gasteiger partial charge in [-0.1, -0.05) is 0 Å². The molecule has 1 aromatic heterocycles. The fraction of sp³-hybridized carbons (Fsp3) is 0.667. The molecule has 0 saturated carbocycles. The lowest BCUT2D eigenvalue weighted by atomic mass is 10.2. The molecule has 1 saturated heterocycles. The molecule has 1 aromatic rings. The van der Waals surface area contributed by atoms with Crippen molar-refractivity contribution in [2.45, 2.75) is 38.6 Å². The molecule has 1 aliphatic rings. The van der Waals surface area contributed by atoms with Crippen molar-refractivity contribution in [1.82, 2.24) is 14.7 Å². The van der Waals surface area contributed by atoms with Crippen LogP contribution in [0.5, 0.6) is 0 Å². The highest BCUT2D eigenvalue weighted by Crippen LogP contribution is 2.21. The van der Waals surface area contributed by atoms with E-state index in [0.717, 1.165) is 12.1 Å². The van der Waals surface area contributed by atoms with Crippen LogP contribution in [0.2, 0.25) is 0 Å². The Morgan fingerprint density at radius 2 is 2.44 bits per heavy atom. The number of β-amino-alcohol motifs (C(OH)–C–C–N with tert-alkyl or cyclic N) is 1. The van der Waals surface area contributed by atoms with Gasteiger partial charge in [-0.05, 0) is 6.92 Å². The fourth-order valence-corrected chi connectivity index (χ4v) is 2.33. The highest BCUT2D eigenvalue weighted by Gasteiger charge is 2.36. The standard InChI is InChI=1S/C12H19N3O3/c1-3-15-7-9(5-13-15)6-14-8-10(16)4-11(14)12(17)18-2/h5,7,10-11,16H,3-4,6,8H2,1-2H3. The van der Waals surface area contributed by atoms with Crippen molar-refractivity contribution in [3.8, 4) is 0 Å². The molecule has 1 fully saturated rings. The first kappa shape index (κ1) is 13.0. The van der Waals surface area contributed by atoms with Crippen LogP contribution in [0.3, 0.4) is 0 Å². The van der Waals surface area contributed by atoms with Crippen molar-refractivity contribution in [3.63, 3.8) is 0 Å². The Kier molecular flexibility index (Phi) is 3.98. The van der Waals surface area contributed by atoms with E-state index in [1.807, 2.05) is 22.7 Å². The normalized spacial score (nSPS) is 24.4. The third-order valence-electron chi connectivity index (χ3n) is 3.25. The monoisotopic (exact) mass is 253 g/mol. The maximum atomic E-state index is 11.6. The van der Waals surface area contributed by atoms with Gasteiger partial charge in [0.25, 0.3) is 0 Å². The van der Waals surface area contributed by atoms with Crippen LogP contribution in [0.25, 0.3) is 0 Å². The molecule has 18 heavy (non-hydrogen) atoms. The predicted octanol–water partition coefficient (Wildman–Crippen LogP) is 0.0112. The van der Waals surface area contributed by atoms with E-state index >= 15 is 0 Å². The first-order valence-electron chi connectivity index (χ1n) is 6.15. The van der Waals surface area contributed by atoms with E-state index in [4.69, 9.17) is 4.74 Å². The summed E-state index contributed by atoms with van der Waals surface area (Å²) in [6, 6.07) is -0.352. The number of carbonyl (C=O) groups is 1. The van der Waals surface area contributed by atoms with E-state index < -0.39 is 6.10 Å². The van der Waals surface area contributed by atoms with Gasteiger partial charge in [0.2, 0.25) is 0 Å². The van der Waals surface area contributed by atoms with E-state index in [1.165, 1.54) is 7.11 Å². The Balaban J connectivity index is 2.04. The summed E-state index contributed by atoms with van der Waals surface area (Å²) in [4.78, 5) is 13.6. The van der Waals surface area contributed by atoms with Gasteiger partial charge in [0.1, 0.15) is 6.04 Å².